The van der Waals surface area contributed by atoms with E-state index >= 15 is 0 Å². The second-order valence-electron chi connectivity index (χ2n) is 7.48. The van der Waals surface area contributed by atoms with Gasteiger partial charge in [0.25, 0.3) is 11.6 Å². The van der Waals surface area contributed by atoms with Crippen LogP contribution in [0.15, 0.2) is 72.9 Å². The molecule has 33 heavy (non-hydrogen) atoms. The number of nitrogens with one attached hydrogen (secondary N) is 3. The van der Waals surface area contributed by atoms with E-state index in [1.54, 1.807) is 31.3 Å². The van der Waals surface area contributed by atoms with Gasteiger partial charge in [-0.25, -0.2) is 0 Å². The van der Waals surface area contributed by atoms with E-state index in [9.17, 15) is 19.7 Å². The summed E-state index contributed by atoms with van der Waals surface area (Å²) in [5, 5.41) is 18.1. The summed E-state index contributed by atoms with van der Waals surface area (Å²) in [4.78, 5) is 40.0. The Morgan fingerprint density at radius 3 is 2.48 bits per heavy atom. The number of hydrogen-bond donors (Lipinski definition) is 3. The highest BCUT2D eigenvalue weighted by Crippen LogP contribution is 2.27. The van der Waals surface area contributed by atoms with Crippen LogP contribution in [-0.2, 0) is 6.42 Å². The minimum absolute atomic E-state index is 0.139. The molecule has 8 heteroatoms. The number of fused-ring (bicyclic) bond motifs is 1. The maximum atomic E-state index is 13.1. The zero-order chi connectivity index (χ0) is 23.4. The maximum absolute atomic E-state index is 13.1. The van der Waals surface area contributed by atoms with Crippen molar-refractivity contribution >= 4 is 34.0 Å². The number of ketones is 1. The number of H-pyrrole nitrogens is 1. The highest BCUT2D eigenvalue weighted by molar-refractivity contribution is 6.15. The fourth-order valence-electron chi connectivity index (χ4n) is 3.81. The van der Waals surface area contributed by atoms with Gasteiger partial charge in [0.2, 0.25) is 0 Å². The van der Waals surface area contributed by atoms with E-state index in [0.29, 0.717) is 18.7 Å². The number of nitrogens with zero attached hydrogens (tertiary/aromatic N) is 1. The van der Waals surface area contributed by atoms with E-state index in [2.05, 4.69) is 15.6 Å². The van der Waals surface area contributed by atoms with E-state index < -0.39 is 10.7 Å². The molecule has 0 bridgehead atoms. The molecule has 0 aliphatic heterocycles. The van der Waals surface area contributed by atoms with Crippen molar-refractivity contribution in [2.75, 3.05) is 18.9 Å². The molecule has 1 amide bonds. The van der Waals surface area contributed by atoms with Crippen LogP contribution in [0.25, 0.3) is 10.9 Å². The summed E-state index contributed by atoms with van der Waals surface area (Å²) in [5.74, 6) is -0.830. The fraction of sp³-hybridized carbons (Fsp3) is 0.120. The van der Waals surface area contributed by atoms with Crippen LogP contribution in [0.4, 0.5) is 11.4 Å². The molecule has 0 aliphatic rings. The number of hydrogen-bond acceptors (Lipinski definition) is 5. The molecule has 0 saturated carbocycles. The van der Waals surface area contributed by atoms with Crippen molar-refractivity contribution in [2.45, 2.75) is 6.42 Å². The lowest BCUT2D eigenvalue weighted by Gasteiger charge is -2.10. The average molecular weight is 442 g/mol. The van der Waals surface area contributed by atoms with E-state index in [4.69, 9.17) is 0 Å². The first kappa shape index (κ1) is 21.8. The van der Waals surface area contributed by atoms with Gasteiger partial charge in [0, 0.05) is 47.9 Å². The van der Waals surface area contributed by atoms with Crippen LogP contribution in [0.2, 0.25) is 0 Å². The number of carbonyl (C=O) groups is 2. The molecule has 3 aromatic carbocycles. The Morgan fingerprint density at radius 1 is 1.00 bits per heavy atom. The lowest BCUT2D eigenvalue weighted by Crippen LogP contribution is -2.27. The van der Waals surface area contributed by atoms with Gasteiger partial charge < -0.3 is 15.6 Å². The fourth-order valence-corrected chi connectivity index (χ4v) is 3.81. The number of amides is 1. The molecular formula is C25H22N4O4. The van der Waals surface area contributed by atoms with Gasteiger partial charge in [-0.15, -0.1) is 0 Å². The minimum atomic E-state index is -0.550. The quantitative estimate of drug-likeness (QED) is 0.213. The summed E-state index contributed by atoms with van der Waals surface area (Å²) >= 11 is 0. The van der Waals surface area contributed by atoms with E-state index in [1.165, 1.54) is 18.2 Å². The highest BCUT2D eigenvalue weighted by Gasteiger charge is 2.21. The number of carbonyl (C=O) groups excluding carboxylic acids is 2. The molecule has 8 nitrogen and oxygen atoms in total. The van der Waals surface area contributed by atoms with Crippen LogP contribution in [0.1, 0.15) is 31.8 Å². The molecule has 1 aromatic heterocycles. The predicted molar refractivity (Wildman–Crippen MR) is 127 cm³/mol. The van der Waals surface area contributed by atoms with Gasteiger partial charge in [0.1, 0.15) is 5.69 Å². The van der Waals surface area contributed by atoms with Crippen molar-refractivity contribution in [1.29, 1.82) is 0 Å². The third-order valence-corrected chi connectivity index (χ3v) is 5.50. The molecule has 166 valence electrons. The number of para-hydroxylation sites is 1. The first-order chi connectivity index (χ1) is 16.0. The third-order valence-electron chi connectivity index (χ3n) is 5.50. The van der Waals surface area contributed by atoms with Crippen molar-refractivity contribution < 1.29 is 14.5 Å². The van der Waals surface area contributed by atoms with Gasteiger partial charge in [-0.2, -0.15) is 0 Å². The van der Waals surface area contributed by atoms with E-state index in [-0.39, 0.29) is 28.3 Å². The summed E-state index contributed by atoms with van der Waals surface area (Å²) < 4.78 is 0. The first-order valence-corrected chi connectivity index (χ1v) is 10.4. The smallest absolute Gasteiger partial charge is 0.293 e. The van der Waals surface area contributed by atoms with E-state index in [1.807, 2.05) is 30.5 Å². The Labute approximate surface area is 189 Å². The van der Waals surface area contributed by atoms with Gasteiger partial charge in [-0.3, -0.25) is 19.7 Å². The third kappa shape index (κ3) is 4.45. The SMILES string of the molecule is CNc1ccc(C(=O)c2ccccc2C(=O)NCCc2c[nH]c3ccccc23)cc1[N+](=O)[O-]. The number of nitro benzene ring substituents is 1. The van der Waals surface area contributed by atoms with Crippen molar-refractivity contribution in [2.24, 2.45) is 0 Å². The van der Waals surface area contributed by atoms with Gasteiger partial charge in [0.15, 0.2) is 5.78 Å². The number of aromatic amines is 1. The maximum Gasteiger partial charge on any atom is 0.293 e. The molecule has 4 aromatic rings. The number of benzene rings is 3. The zero-order valence-corrected chi connectivity index (χ0v) is 17.9. The molecule has 1 heterocycles. The molecule has 0 atom stereocenters. The topological polar surface area (TPSA) is 117 Å². The second-order valence-corrected chi connectivity index (χ2v) is 7.48. The molecule has 0 unspecified atom stereocenters. The van der Waals surface area contributed by atoms with Gasteiger partial charge in [-0.05, 0) is 36.2 Å². The monoisotopic (exact) mass is 442 g/mol. The van der Waals surface area contributed by atoms with Crippen LogP contribution >= 0.6 is 0 Å². The summed E-state index contributed by atoms with van der Waals surface area (Å²) in [5.41, 5.74) is 2.78. The van der Waals surface area contributed by atoms with Crippen molar-refractivity contribution in [1.82, 2.24) is 10.3 Å². The first-order valence-electron chi connectivity index (χ1n) is 10.4. The zero-order valence-electron chi connectivity index (χ0n) is 17.9. The van der Waals surface area contributed by atoms with Crippen molar-refractivity contribution in [3.05, 3.63) is 105 Å². The minimum Gasteiger partial charge on any atom is -0.383 e. The second kappa shape index (κ2) is 9.35. The summed E-state index contributed by atoms with van der Waals surface area (Å²) in [6, 6.07) is 18.6. The highest BCUT2D eigenvalue weighted by atomic mass is 16.6. The van der Waals surface area contributed by atoms with Crippen LogP contribution in [0, 0.1) is 10.1 Å². The molecule has 3 N–H and O–H groups in total. The number of nitro groups is 1. The number of anilines is 1. The summed E-state index contributed by atoms with van der Waals surface area (Å²) in [7, 11) is 1.57. The molecule has 0 fully saturated rings. The van der Waals surface area contributed by atoms with Crippen LogP contribution in [-0.4, -0.2) is 35.2 Å². The Hall–Kier alpha value is -4.46. The lowest BCUT2D eigenvalue weighted by molar-refractivity contribution is -0.384. The van der Waals surface area contributed by atoms with Gasteiger partial charge >= 0.3 is 0 Å². The standard InChI is InChI=1S/C25H22N4O4/c1-26-22-11-10-16(14-23(22)29(32)33)24(30)19-7-2-3-8-20(19)25(31)27-13-12-17-15-28-21-9-5-4-6-18(17)21/h2-11,14-15,26,28H,12-13H2,1H3,(H,27,31). The lowest BCUT2D eigenvalue weighted by atomic mass is 9.97. The predicted octanol–water partition coefficient (Wildman–Crippen LogP) is 4.32. The van der Waals surface area contributed by atoms with Crippen molar-refractivity contribution in [3.63, 3.8) is 0 Å². The molecule has 4 rings (SSSR count). The Morgan fingerprint density at radius 2 is 1.73 bits per heavy atom. The Bertz CT molecular complexity index is 1360. The molecule has 0 radical (unpaired) electrons. The molecule has 0 spiro atoms. The molecular weight excluding hydrogens is 420 g/mol. The van der Waals surface area contributed by atoms with Gasteiger partial charge in [0.05, 0.1) is 10.5 Å². The largest absolute Gasteiger partial charge is 0.383 e. The number of aromatic nitrogens is 1. The summed E-state index contributed by atoms with van der Waals surface area (Å²) in [6.07, 6.45) is 2.56. The molecule has 0 saturated heterocycles. The average Bonchev–Trinajstić information content (AvgIpc) is 3.26. The van der Waals surface area contributed by atoms with E-state index in [0.717, 1.165) is 16.5 Å². The normalized spacial score (nSPS) is 10.7. The van der Waals surface area contributed by atoms with Crippen LogP contribution < -0.4 is 10.6 Å². The van der Waals surface area contributed by atoms with Crippen LogP contribution in [0.3, 0.4) is 0 Å². The number of rotatable bonds is 8. The Balaban J connectivity index is 1.52. The molecule has 0 aliphatic carbocycles. The van der Waals surface area contributed by atoms with Crippen molar-refractivity contribution in [3.8, 4) is 0 Å². The summed E-state index contributed by atoms with van der Waals surface area (Å²) in [6.45, 7) is 0.394. The van der Waals surface area contributed by atoms with Crippen LogP contribution in [0.5, 0.6) is 0 Å². The van der Waals surface area contributed by atoms with Gasteiger partial charge in [-0.1, -0.05) is 36.4 Å². The Kier molecular flexibility index (Phi) is 6.17.